The topological polar surface area (TPSA) is 69.2 Å². The molecule has 0 aromatic rings. The van der Waals surface area contributed by atoms with Gasteiger partial charge >= 0.3 is 0 Å². The van der Waals surface area contributed by atoms with Crippen molar-refractivity contribution in [3.63, 3.8) is 0 Å². The van der Waals surface area contributed by atoms with Gasteiger partial charge < -0.3 is 23.3 Å². The summed E-state index contributed by atoms with van der Waals surface area (Å²) in [6, 6.07) is 0. The van der Waals surface area contributed by atoms with Crippen molar-refractivity contribution < 1.29 is 14.7 Å². The third-order valence-electron chi connectivity index (χ3n) is 29.8. The maximum atomic E-state index is 8.48. The van der Waals surface area contributed by atoms with Crippen LogP contribution in [-0.4, -0.2) is 73.9 Å². The first kappa shape index (κ1) is 135. The molecular weight excluding hydrogens is 1610 g/mol. The number of rotatable bonds is 108. The summed E-state index contributed by atoms with van der Waals surface area (Å²) in [5, 5.41) is 0. The fourth-order valence-electron chi connectivity index (χ4n) is 20.8. The van der Waals surface area contributed by atoms with Crippen LogP contribution in [0.5, 0.6) is 0 Å². The molecule has 0 saturated carbocycles. The predicted molar refractivity (Wildman–Crippen MR) is 597 cm³/mol. The molecule has 0 radical (unpaired) electrons. The summed E-state index contributed by atoms with van der Waals surface area (Å²) in [7, 11) is -5.46. The Morgan fingerprint density at radius 3 is 0.220 bits per heavy atom. The summed E-state index contributed by atoms with van der Waals surface area (Å²) in [6.07, 6.45) is 162. The van der Waals surface area contributed by atoms with E-state index in [1.807, 2.05) is 0 Å². The molecule has 7 heteroatoms. The average Bonchev–Trinajstić information content (AvgIpc) is 0.883. The zero-order valence-electron chi connectivity index (χ0n) is 91.4. The molecule has 0 aliphatic carbocycles. The van der Waals surface area contributed by atoms with Crippen molar-refractivity contribution in [2.45, 2.75) is 699 Å². The minimum absolute atomic E-state index is 0.698. The van der Waals surface area contributed by atoms with E-state index in [1.165, 1.54) is 578 Å². The van der Waals surface area contributed by atoms with Gasteiger partial charge in [0.15, 0.2) is 0 Å². The number of hydrogen-bond acceptors (Lipinski definition) is 3. The van der Waals surface area contributed by atoms with E-state index in [2.05, 4.69) is 83.1 Å². The lowest BCUT2D eigenvalue weighted by molar-refractivity contribution is -0.407. The maximum Gasteiger partial charge on any atom is 0.0594 e. The average molecular weight is 1870 g/mol. The zero-order chi connectivity index (χ0) is 93.4. The van der Waals surface area contributed by atoms with E-state index >= 15 is 0 Å². The van der Waals surface area contributed by atoms with Crippen molar-refractivity contribution in [1.82, 2.24) is 0 Å². The molecule has 0 spiro atoms. The van der Waals surface area contributed by atoms with E-state index < -0.39 is 30.4 Å². The molecule has 3 nitrogen and oxygen atoms in total. The predicted octanol–water partition coefficient (Wildman–Crippen LogP) is 44.0. The SMILES string of the molecule is CCCCCCCCCCCCCCCC[P+](CCCC)(CCCC)CCCCCCCCCCCCCCCC.CCCCCCCCCCCCCCCC[P+](CCCC)(CCCC)CCCCCCCCCCCCCCCC.CCCCCCCCCCCCCCCC[P+](CCCC)(CCCC)CCCCCCCCCCCCCCCC.[O-]P([O-])[O-]. The van der Waals surface area contributed by atoms with Gasteiger partial charge in [-0.3, -0.25) is 0 Å². The van der Waals surface area contributed by atoms with Crippen LogP contribution >= 0.6 is 30.4 Å². The normalized spacial score (nSPS) is 11.9. The number of unbranched alkanes of at least 4 members (excludes halogenated alkanes) is 84. The Labute approximate surface area is 813 Å². The van der Waals surface area contributed by atoms with E-state index in [4.69, 9.17) is 14.7 Å². The van der Waals surface area contributed by atoms with Crippen molar-refractivity contribution in [2.24, 2.45) is 0 Å². The van der Waals surface area contributed by atoms with Crippen LogP contribution in [-0.2, 0) is 0 Å². The fourth-order valence-corrected chi connectivity index (χ4v) is 36.1. The van der Waals surface area contributed by atoms with Crippen LogP contribution in [0.4, 0.5) is 0 Å². The molecule has 0 saturated heterocycles. The summed E-state index contributed by atoms with van der Waals surface area (Å²) in [4.78, 5) is 25.4. The third kappa shape index (κ3) is 113. The van der Waals surface area contributed by atoms with Crippen LogP contribution in [0.3, 0.4) is 0 Å². The Morgan fingerprint density at radius 2 is 0.150 bits per heavy atom. The Bertz CT molecular complexity index is 1520. The Balaban J connectivity index is -0.000000873. The van der Waals surface area contributed by atoms with Crippen molar-refractivity contribution >= 4 is 30.4 Å². The van der Waals surface area contributed by atoms with E-state index in [-0.39, 0.29) is 0 Å². The molecule has 770 valence electrons. The third-order valence-corrected chi connectivity index (χ3v) is 45.0. The zero-order valence-corrected chi connectivity index (χ0v) is 95.0. The smallest absolute Gasteiger partial charge is 0.0594 e. The van der Waals surface area contributed by atoms with E-state index in [1.54, 1.807) is 112 Å². The second-order valence-electron chi connectivity index (χ2n) is 42.6. The van der Waals surface area contributed by atoms with Gasteiger partial charge in [-0.15, -0.1) is 0 Å². The molecule has 0 heterocycles. The summed E-state index contributed by atoms with van der Waals surface area (Å²) in [6.45, 7) is 28.5. The molecule has 127 heavy (non-hydrogen) atoms. The van der Waals surface area contributed by atoms with E-state index in [0.29, 0.717) is 0 Å². The lowest BCUT2D eigenvalue weighted by atomic mass is 10.0. The van der Waals surface area contributed by atoms with Crippen molar-refractivity contribution in [3.05, 3.63) is 0 Å². The molecule has 0 atom stereocenters. The van der Waals surface area contributed by atoms with Gasteiger partial charge in [0.1, 0.15) is 0 Å². The molecule has 0 aromatic carbocycles. The van der Waals surface area contributed by atoms with Gasteiger partial charge in [-0.1, -0.05) is 584 Å². The van der Waals surface area contributed by atoms with Crippen molar-refractivity contribution in [3.8, 4) is 0 Å². The van der Waals surface area contributed by atoms with Gasteiger partial charge in [-0.25, -0.2) is 0 Å². The molecular formula is C120H252O3P4. The molecule has 0 N–H and O–H groups in total. The fraction of sp³-hybridized carbons (Fsp3) is 1.00. The lowest BCUT2D eigenvalue weighted by Crippen LogP contribution is -2.18. The van der Waals surface area contributed by atoms with Crippen LogP contribution in [0.15, 0.2) is 0 Å². The second kappa shape index (κ2) is 120. The second-order valence-corrected chi connectivity index (χ2v) is 56.5. The minimum atomic E-state index is -3.37. The molecule has 0 aliphatic heterocycles. The molecule has 0 amide bonds. The minimum Gasteiger partial charge on any atom is -0.854 e. The first-order valence-corrected chi connectivity index (χ1v) is 69.5. The highest BCUT2D eigenvalue weighted by atomic mass is 31.2. The summed E-state index contributed by atoms with van der Waals surface area (Å²) >= 11 is 0. The summed E-state index contributed by atoms with van der Waals surface area (Å²) < 4.78 is 0. The van der Waals surface area contributed by atoms with Gasteiger partial charge in [0.25, 0.3) is 0 Å². The van der Waals surface area contributed by atoms with Crippen LogP contribution in [0, 0.1) is 0 Å². The van der Waals surface area contributed by atoms with Gasteiger partial charge in [0.05, 0.1) is 73.9 Å². The Hall–Kier alpha value is 1.60. The van der Waals surface area contributed by atoms with Gasteiger partial charge in [-0.05, 0) is 116 Å². The van der Waals surface area contributed by atoms with Crippen molar-refractivity contribution in [1.29, 1.82) is 0 Å². The van der Waals surface area contributed by atoms with Crippen LogP contribution in [0.2, 0.25) is 0 Å². The number of hydrogen-bond donors (Lipinski definition) is 0. The quantitative estimate of drug-likeness (QED) is 0.0450. The van der Waals surface area contributed by atoms with Crippen LogP contribution in [0.1, 0.15) is 699 Å². The van der Waals surface area contributed by atoms with Crippen molar-refractivity contribution in [2.75, 3.05) is 73.9 Å². The molecule has 0 fully saturated rings. The molecule has 0 unspecified atom stereocenters. The van der Waals surface area contributed by atoms with Gasteiger partial charge in [0.2, 0.25) is 0 Å². The molecule has 0 bridgehead atoms. The molecule has 0 aromatic heterocycles. The lowest BCUT2D eigenvalue weighted by Gasteiger charge is -2.39. The van der Waals surface area contributed by atoms with E-state index in [0.717, 1.165) is 0 Å². The first-order valence-electron chi connectivity index (χ1n) is 60.8. The summed E-state index contributed by atoms with van der Waals surface area (Å²) in [5.74, 6) is 0. The standard InChI is InChI=1S/3C40H84P.O3P/c3*1-5-9-13-15-17-19-21-23-25-27-29-31-33-35-39-41(37-11-7-3,38-12-8-4)40-36-34-32-30-28-26-24-22-20-18-16-14-10-6-2;1-4(2)3/h3*5-40H2,1-4H3;/q3*+1;-3. The highest BCUT2D eigenvalue weighted by Gasteiger charge is 2.37. The Kier molecular flexibility index (Phi) is 127. The monoisotopic (exact) mass is 1870 g/mol. The van der Waals surface area contributed by atoms with Crippen LogP contribution in [0.25, 0.3) is 0 Å². The maximum absolute atomic E-state index is 8.48. The van der Waals surface area contributed by atoms with Gasteiger partial charge in [0, 0.05) is 21.8 Å². The van der Waals surface area contributed by atoms with Crippen LogP contribution < -0.4 is 14.7 Å². The van der Waals surface area contributed by atoms with Gasteiger partial charge in [-0.2, -0.15) is 0 Å². The molecule has 0 rings (SSSR count). The van der Waals surface area contributed by atoms with E-state index in [9.17, 15) is 0 Å². The Morgan fingerprint density at radius 1 is 0.0945 bits per heavy atom. The highest BCUT2D eigenvalue weighted by molar-refractivity contribution is 7.76. The first-order chi connectivity index (χ1) is 62.5. The molecule has 0 aliphatic rings. The summed E-state index contributed by atoms with van der Waals surface area (Å²) in [5.41, 5.74) is 0. The largest absolute Gasteiger partial charge is 0.854 e. The highest BCUT2D eigenvalue weighted by Crippen LogP contribution is 2.63.